The second kappa shape index (κ2) is 24.2. The Bertz CT molecular complexity index is 1180. The molecule has 0 spiro atoms. The Morgan fingerprint density at radius 1 is 0.702 bits per heavy atom. The summed E-state index contributed by atoms with van der Waals surface area (Å²) in [5.41, 5.74) is 0.735. The molecule has 0 bridgehead atoms. The molecule has 2 aromatic carbocycles. The van der Waals surface area contributed by atoms with E-state index >= 15 is 0 Å². The van der Waals surface area contributed by atoms with Gasteiger partial charge in [-0.25, -0.2) is 4.79 Å². The predicted octanol–water partition coefficient (Wildman–Crippen LogP) is 6.12. The third-order valence-electron chi connectivity index (χ3n) is 7.83. The van der Waals surface area contributed by atoms with E-state index in [-0.39, 0.29) is 35.5 Å². The normalized spacial score (nSPS) is 11.4. The zero-order chi connectivity index (χ0) is 34.1. The minimum Gasteiger partial charge on any atom is -0.733 e. The van der Waals surface area contributed by atoms with E-state index < -0.39 is 30.4 Å². The fraction of sp³-hybridized carbons (Fsp3) is 0.556. The van der Waals surface area contributed by atoms with Crippen molar-refractivity contribution < 1.29 is 29.1 Å². The van der Waals surface area contributed by atoms with Gasteiger partial charge in [0.15, 0.2) is 0 Å². The minimum atomic E-state index is -1.07. The molecule has 0 fully saturated rings. The molecule has 1 atom stereocenters. The molecule has 0 saturated carbocycles. The van der Waals surface area contributed by atoms with Crippen LogP contribution in [0.15, 0.2) is 54.6 Å². The van der Waals surface area contributed by atoms with Crippen LogP contribution in [0.25, 0.3) is 0 Å². The van der Waals surface area contributed by atoms with E-state index in [4.69, 9.17) is 9.94 Å². The lowest BCUT2D eigenvalue weighted by Crippen LogP contribution is -2.49. The number of unbranched alkanes of at least 4 members (excludes halogenated alkanes) is 13. The van der Waals surface area contributed by atoms with Crippen LogP contribution >= 0.6 is 0 Å². The number of hydrogen-bond acceptors (Lipinski definition) is 8. The maximum absolute atomic E-state index is 12.9. The number of esters is 1. The Labute approximate surface area is 279 Å². The summed E-state index contributed by atoms with van der Waals surface area (Å²) in [6.45, 7) is 1.61. The standard InChI is InChI=1S/C36H53N4O7/c1-2-3-4-5-6-7-8-9-10-11-12-13-14-18-21-33(41)37-27-34(42)38-28-35(43)39-32(26-29-19-16-15-17-20-29)36(44)47-31-24-22-30(23-25-31)40(45)46/h15-17,19-20,22-25,32,45H,2-14,18,21,26-28H2,1H3,(H,37,41)(H,38,42)(H,39,43)/q-1. The van der Waals surface area contributed by atoms with E-state index in [9.17, 15) is 24.4 Å². The van der Waals surface area contributed by atoms with Gasteiger partial charge in [-0.3, -0.25) is 19.6 Å². The molecule has 11 heteroatoms. The highest BCUT2D eigenvalue weighted by Gasteiger charge is 2.24. The summed E-state index contributed by atoms with van der Waals surface area (Å²) in [6, 6.07) is 13.2. The fourth-order valence-corrected chi connectivity index (χ4v) is 5.11. The van der Waals surface area contributed by atoms with E-state index in [1.807, 2.05) is 6.07 Å². The molecule has 4 N–H and O–H groups in total. The molecule has 260 valence electrons. The third-order valence-corrected chi connectivity index (χ3v) is 7.83. The first-order chi connectivity index (χ1) is 22.8. The van der Waals surface area contributed by atoms with Crippen LogP contribution in [-0.2, 0) is 25.6 Å². The Kier molecular flexibility index (Phi) is 20.2. The van der Waals surface area contributed by atoms with Crippen LogP contribution in [0.5, 0.6) is 5.75 Å². The maximum Gasteiger partial charge on any atom is 0.334 e. The molecule has 0 heterocycles. The number of rotatable bonds is 25. The monoisotopic (exact) mass is 653 g/mol. The molecular weight excluding hydrogens is 600 g/mol. The molecular formula is C36H53N4O7-. The molecule has 2 rings (SSSR count). The summed E-state index contributed by atoms with van der Waals surface area (Å²) < 4.78 is 5.37. The number of anilines is 1. The molecule has 0 aliphatic heterocycles. The van der Waals surface area contributed by atoms with Crippen LogP contribution in [0.3, 0.4) is 0 Å². The number of amides is 3. The quantitative estimate of drug-likeness (QED) is 0.0432. The van der Waals surface area contributed by atoms with Crippen LogP contribution in [0.1, 0.15) is 109 Å². The molecule has 1 unspecified atom stereocenters. The molecule has 47 heavy (non-hydrogen) atoms. The van der Waals surface area contributed by atoms with Crippen LogP contribution in [-0.4, -0.2) is 48.0 Å². The second-order valence-corrected chi connectivity index (χ2v) is 11.9. The Morgan fingerprint density at radius 3 is 1.77 bits per heavy atom. The van der Waals surface area contributed by atoms with Gasteiger partial charge in [0.1, 0.15) is 11.8 Å². The van der Waals surface area contributed by atoms with Crippen molar-refractivity contribution in [1.82, 2.24) is 16.0 Å². The van der Waals surface area contributed by atoms with Gasteiger partial charge in [0, 0.05) is 12.8 Å². The average molecular weight is 654 g/mol. The SMILES string of the molecule is CCCCCCCCCCCCCCCCC(=O)NCC(=O)NCC(=O)NC(Cc1ccccc1)C(=O)Oc1ccc(N([O-])O)cc1. The zero-order valence-electron chi connectivity index (χ0n) is 27.8. The van der Waals surface area contributed by atoms with Crippen molar-refractivity contribution in [1.29, 1.82) is 0 Å². The number of ether oxygens (including phenoxy) is 1. The first-order valence-corrected chi connectivity index (χ1v) is 17.1. The number of nitrogens with zero attached hydrogens (tertiary/aromatic N) is 1. The van der Waals surface area contributed by atoms with E-state index in [0.29, 0.717) is 6.42 Å². The summed E-state index contributed by atoms with van der Waals surface area (Å²) in [4.78, 5) is 50.0. The smallest absolute Gasteiger partial charge is 0.334 e. The average Bonchev–Trinajstić information content (AvgIpc) is 3.07. The highest BCUT2D eigenvalue weighted by molar-refractivity contribution is 5.90. The van der Waals surface area contributed by atoms with Crippen molar-refractivity contribution >= 4 is 29.4 Å². The molecule has 0 saturated heterocycles. The van der Waals surface area contributed by atoms with Crippen molar-refractivity contribution in [3.8, 4) is 5.75 Å². The Morgan fingerprint density at radius 2 is 1.21 bits per heavy atom. The van der Waals surface area contributed by atoms with Gasteiger partial charge in [0.05, 0.1) is 18.8 Å². The lowest BCUT2D eigenvalue weighted by molar-refractivity contribution is -0.139. The topological polar surface area (TPSA) is 160 Å². The van der Waals surface area contributed by atoms with Crippen molar-refractivity contribution in [2.24, 2.45) is 0 Å². The van der Waals surface area contributed by atoms with Crippen molar-refractivity contribution in [2.75, 3.05) is 18.3 Å². The minimum absolute atomic E-state index is 0.0410. The maximum atomic E-state index is 12.9. The van der Waals surface area contributed by atoms with E-state index in [0.717, 1.165) is 24.8 Å². The molecule has 2 aromatic rings. The van der Waals surface area contributed by atoms with Gasteiger partial charge in [-0.15, -0.1) is 0 Å². The first kappa shape index (κ1) is 39.2. The van der Waals surface area contributed by atoms with E-state index in [2.05, 4.69) is 22.9 Å². The summed E-state index contributed by atoms with van der Waals surface area (Å²) in [6.07, 6.45) is 17.8. The molecule has 0 aromatic heterocycles. The van der Waals surface area contributed by atoms with Gasteiger partial charge in [0.2, 0.25) is 17.7 Å². The van der Waals surface area contributed by atoms with Gasteiger partial charge >= 0.3 is 5.97 Å². The van der Waals surface area contributed by atoms with Gasteiger partial charge in [-0.2, -0.15) is 0 Å². The van der Waals surface area contributed by atoms with Gasteiger partial charge in [-0.05, 0) is 36.2 Å². The van der Waals surface area contributed by atoms with Gasteiger partial charge in [0.25, 0.3) is 0 Å². The zero-order valence-corrected chi connectivity index (χ0v) is 27.8. The number of hydrogen-bond donors (Lipinski definition) is 4. The largest absolute Gasteiger partial charge is 0.733 e. The summed E-state index contributed by atoms with van der Waals surface area (Å²) in [5, 5.41) is 27.3. The highest BCUT2D eigenvalue weighted by Crippen LogP contribution is 2.19. The molecule has 0 radical (unpaired) electrons. The number of carbonyl (C=O) groups is 4. The van der Waals surface area contributed by atoms with E-state index in [1.165, 1.54) is 94.9 Å². The third kappa shape index (κ3) is 18.7. The molecule has 0 aliphatic rings. The number of nitrogens with one attached hydrogen (secondary N) is 3. The van der Waals surface area contributed by atoms with Crippen LogP contribution in [0.4, 0.5) is 5.69 Å². The number of carbonyl (C=O) groups excluding carboxylic acids is 4. The fourth-order valence-electron chi connectivity index (χ4n) is 5.11. The summed E-state index contributed by atoms with van der Waals surface area (Å²) in [7, 11) is 0. The van der Waals surface area contributed by atoms with Crippen molar-refractivity contribution in [2.45, 2.75) is 116 Å². The van der Waals surface area contributed by atoms with Crippen molar-refractivity contribution in [3.63, 3.8) is 0 Å². The summed E-state index contributed by atoms with van der Waals surface area (Å²) >= 11 is 0. The van der Waals surface area contributed by atoms with Crippen LogP contribution in [0, 0.1) is 5.21 Å². The molecule has 0 aliphatic carbocycles. The Hall–Kier alpha value is -3.96. The predicted molar refractivity (Wildman–Crippen MR) is 183 cm³/mol. The van der Waals surface area contributed by atoms with Gasteiger partial charge in [-0.1, -0.05) is 121 Å². The highest BCUT2D eigenvalue weighted by atomic mass is 16.8. The summed E-state index contributed by atoms with van der Waals surface area (Å²) in [5.74, 6) is -1.97. The lowest BCUT2D eigenvalue weighted by atomic mass is 10.0. The lowest BCUT2D eigenvalue weighted by Gasteiger charge is -2.22. The van der Waals surface area contributed by atoms with Gasteiger partial charge < -0.3 is 31.1 Å². The molecule has 11 nitrogen and oxygen atoms in total. The van der Waals surface area contributed by atoms with Crippen LogP contribution < -0.4 is 25.9 Å². The first-order valence-electron chi connectivity index (χ1n) is 17.1. The van der Waals surface area contributed by atoms with Crippen LogP contribution in [0.2, 0.25) is 0 Å². The molecule has 3 amide bonds. The number of benzene rings is 2. The second-order valence-electron chi connectivity index (χ2n) is 11.9. The van der Waals surface area contributed by atoms with Crippen molar-refractivity contribution in [3.05, 3.63) is 65.4 Å². The Balaban J connectivity index is 1.61. The van der Waals surface area contributed by atoms with E-state index in [1.54, 1.807) is 24.3 Å².